The third kappa shape index (κ3) is 2.34. The number of carbonyl (C=O) groups is 1. The molecular weight excluding hydrogens is 290 g/mol. The SMILES string of the molecule is O=C(c1scnc1C1CC1)N1CCOCC1c1ncn[nH]1. The molecule has 2 aromatic heterocycles. The lowest BCUT2D eigenvalue weighted by molar-refractivity contribution is -0.00492. The van der Waals surface area contributed by atoms with Crippen LogP contribution in [0.15, 0.2) is 11.8 Å². The summed E-state index contributed by atoms with van der Waals surface area (Å²) in [6.45, 7) is 1.55. The summed E-state index contributed by atoms with van der Waals surface area (Å²) in [5.41, 5.74) is 2.73. The number of nitrogens with zero attached hydrogens (tertiary/aromatic N) is 4. The first-order valence-corrected chi connectivity index (χ1v) is 7.90. The molecule has 21 heavy (non-hydrogen) atoms. The van der Waals surface area contributed by atoms with E-state index in [0.29, 0.717) is 31.5 Å². The predicted molar refractivity (Wildman–Crippen MR) is 75.1 cm³/mol. The van der Waals surface area contributed by atoms with Crippen LogP contribution >= 0.6 is 11.3 Å². The van der Waals surface area contributed by atoms with Crippen LogP contribution in [0.1, 0.15) is 46.0 Å². The Labute approximate surface area is 125 Å². The number of H-pyrrole nitrogens is 1. The average molecular weight is 305 g/mol. The van der Waals surface area contributed by atoms with Crippen LogP contribution in [-0.4, -0.2) is 50.7 Å². The van der Waals surface area contributed by atoms with Crippen molar-refractivity contribution < 1.29 is 9.53 Å². The highest BCUT2D eigenvalue weighted by molar-refractivity contribution is 7.11. The van der Waals surface area contributed by atoms with Gasteiger partial charge in [-0.05, 0) is 12.8 Å². The van der Waals surface area contributed by atoms with Crippen LogP contribution in [0.4, 0.5) is 0 Å². The van der Waals surface area contributed by atoms with E-state index in [1.165, 1.54) is 17.7 Å². The highest BCUT2D eigenvalue weighted by Gasteiger charge is 2.36. The number of hydrogen-bond acceptors (Lipinski definition) is 6. The van der Waals surface area contributed by atoms with Crippen molar-refractivity contribution >= 4 is 17.2 Å². The molecule has 8 heteroatoms. The van der Waals surface area contributed by atoms with Crippen LogP contribution in [-0.2, 0) is 4.74 Å². The Balaban J connectivity index is 1.63. The molecule has 1 aliphatic heterocycles. The molecular formula is C13H15N5O2S. The van der Waals surface area contributed by atoms with Gasteiger partial charge in [0.1, 0.15) is 23.1 Å². The van der Waals surface area contributed by atoms with Crippen LogP contribution in [0.5, 0.6) is 0 Å². The van der Waals surface area contributed by atoms with Crippen molar-refractivity contribution in [1.82, 2.24) is 25.1 Å². The molecule has 1 atom stereocenters. The van der Waals surface area contributed by atoms with E-state index in [0.717, 1.165) is 23.4 Å². The highest BCUT2D eigenvalue weighted by atomic mass is 32.1. The molecule has 1 amide bonds. The number of nitrogens with one attached hydrogen (secondary N) is 1. The van der Waals surface area contributed by atoms with E-state index in [-0.39, 0.29) is 11.9 Å². The number of ether oxygens (including phenoxy) is 1. The number of aromatic amines is 1. The van der Waals surface area contributed by atoms with Gasteiger partial charge in [0.2, 0.25) is 0 Å². The zero-order valence-electron chi connectivity index (χ0n) is 11.4. The van der Waals surface area contributed by atoms with E-state index >= 15 is 0 Å². The highest BCUT2D eigenvalue weighted by Crippen LogP contribution is 2.42. The maximum absolute atomic E-state index is 12.9. The quantitative estimate of drug-likeness (QED) is 0.925. The van der Waals surface area contributed by atoms with Gasteiger partial charge in [0.25, 0.3) is 5.91 Å². The lowest BCUT2D eigenvalue weighted by Crippen LogP contribution is -2.43. The zero-order chi connectivity index (χ0) is 14.2. The number of thiazole rings is 1. The van der Waals surface area contributed by atoms with Gasteiger partial charge in [0, 0.05) is 12.5 Å². The summed E-state index contributed by atoms with van der Waals surface area (Å²) < 4.78 is 5.50. The van der Waals surface area contributed by atoms with Crippen LogP contribution in [0.3, 0.4) is 0 Å². The van der Waals surface area contributed by atoms with Crippen molar-refractivity contribution in [2.24, 2.45) is 0 Å². The van der Waals surface area contributed by atoms with Crippen molar-refractivity contribution in [3.8, 4) is 0 Å². The van der Waals surface area contributed by atoms with E-state index in [1.807, 2.05) is 4.90 Å². The van der Waals surface area contributed by atoms with Crippen LogP contribution < -0.4 is 0 Å². The second kappa shape index (κ2) is 5.19. The van der Waals surface area contributed by atoms with Gasteiger partial charge in [0.15, 0.2) is 0 Å². The first kappa shape index (κ1) is 12.9. The standard InChI is InChI=1S/C13H15N5O2S/c19-13(11-10(8-1-2-8)15-7-21-11)18-3-4-20-5-9(18)12-14-6-16-17-12/h6-9H,1-5H2,(H,14,16,17). The molecule has 0 aromatic carbocycles. The van der Waals surface area contributed by atoms with Crippen molar-refractivity contribution in [3.63, 3.8) is 0 Å². The maximum Gasteiger partial charge on any atom is 0.266 e. The van der Waals surface area contributed by atoms with E-state index in [9.17, 15) is 4.79 Å². The van der Waals surface area contributed by atoms with Crippen molar-refractivity contribution in [2.45, 2.75) is 24.8 Å². The number of morpholine rings is 1. The van der Waals surface area contributed by atoms with Gasteiger partial charge in [-0.3, -0.25) is 9.89 Å². The van der Waals surface area contributed by atoms with Crippen LogP contribution in [0.25, 0.3) is 0 Å². The fourth-order valence-corrected chi connectivity index (χ4v) is 3.47. The molecule has 1 saturated heterocycles. The van der Waals surface area contributed by atoms with Crippen LogP contribution in [0.2, 0.25) is 0 Å². The average Bonchev–Trinajstić information content (AvgIpc) is 3.05. The Morgan fingerprint density at radius 1 is 1.43 bits per heavy atom. The molecule has 1 aliphatic carbocycles. The van der Waals surface area contributed by atoms with Gasteiger partial charge in [0.05, 0.1) is 24.4 Å². The monoisotopic (exact) mass is 305 g/mol. The minimum atomic E-state index is -0.206. The molecule has 4 rings (SSSR count). The lowest BCUT2D eigenvalue weighted by atomic mass is 10.1. The third-order valence-corrected chi connectivity index (χ3v) is 4.72. The molecule has 2 fully saturated rings. The number of carbonyl (C=O) groups excluding carboxylic acids is 1. The third-order valence-electron chi connectivity index (χ3n) is 3.89. The summed E-state index contributed by atoms with van der Waals surface area (Å²) in [6.07, 6.45) is 3.73. The van der Waals surface area contributed by atoms with Crippen LogP contribution in [0, 0.1) is 0 Å². The molecule has 1 unspecified atom stereocenters. The van der Waals surface area contributed by atoms with E-state index in [1.54, 1.807) is 5.51 Å². The molecule has 3 heterocycles. The molecule has 1 N–H and O–H groups in total. The predicted octanol–water partition coefficient (Wildman–Crippen LogP) is 1.35. The molecule has 7 nitrogen and oxygen atoms in total. The van der Waals surface area contributed by atoms with Gasteiger partial charge < -0.3 is 9.64 Å². The second-order valence-corrected chi connectivity index (χ2v) is 6.16. The molecule has 0 bridgehead atoms. The van der Waals surface area contributed by atoms with E-state index < -0.39 is 0 Å². The molecule has 2 aliphatic rings. The van der Waals surface area contributed by atoms with Gasteiger partial charge in [-0.2, -0.15) is 5.10 Å². The van der Waals surface area contributed by atoms with E-state index in [4.69, 9.17) is 4.74 Å². The second-order valence-electron chi connectivity index (χ2n) is 5.30. The lowest BCUT2D eigenvalue weighted by Gasteiger charge is -2.34. The van der Waals surface area contributed by atoms with Gasteiger partial charge in [-0.1, -0.05) is 0 Å². The maximum atomic E-state index is 12.9. The Hall–Kier alpha value is -1.80. The largest absolute Gasteiger partial charge is 0.377 e. The fraction of sp³-hybridized carbons (Fsp3) is 0.538. The number of hydrogen-bond donors (Lipinski definition) is 1. The Bertz CT molecular complexity index is 637. The summed E-state index contributed by atoms with van der Waals surface area (Å²) in [5.74, 6) is 1.17. The minimum Gasteiger partial charge on any atom is -0.377 e. The molecule has 1 saturated carbocycles. The Morgan fingerprint density at radius 3 is 3.10 bits per heavy atom. The van der Waals surface area contributed by atoms with Gasteiger partial charge in [-0.25, -0.2) is 9.97 Å². The topological polar surface area (TPSA) is 84.0 Å². The zero-order valence-corrected chi connectivity index (χ0v) is 12.2. The Kier molecular flexibility index (Phi) is 3.19. The molecule has 110 valence electrons. The van der Waals surface area contributed by atoms with Crippen molar-refractivity contribution in [1.29, 1.82) is 0 Å². The summed E-state index contributed by atoms with van der Waals surface area (Å²) in [7, 11) is 0. The van der Waals surface area contributed by atoms with Gasteiger partial charge >= 0.3 is 0 Å². The molecule has 0 spiro atoms. The summed E-state index contributed by atoms with van der Waals surface area (Å²) in [5, 5.41) is 6.71. The number of rotatable bonds is 3. The number of aromatic nitrogens is 4. The summed E-state index contributed by atoms with van der Waals surface area (Å²) >= 11 is 1.43. The first-order valence-electron chi connectivity index (χ1n) is 7.02. The number of amides is 1. The normalized spacial score (nSPS) is 22.5. The van der Waals surface area contributed by atoms with Crippen molar-refractivity contribution in [2.75, 3.05) is 19.8 Å². The van der Waals surface area contributed by atoms with Gasteiger partial charge in [-0.15, -0.1) is 11.3 Å². The Morgan fingerprint density at radius 2 is 2.33 bits per heavy atom. The summed E-state index contributed by atoms with van der Waals surface area (Å²) in [6, 6.07) is -0.206. The first-order chi connectivity index (χ1) is 10.3. The fourth-order valence-electron chi connectivity index (χ4n) is 2.64. The van der Waals surface area contributed by atoms with E-state index in [2.05, 4.69) is 20.2 Å². The smallest absolute Gasteiger partial charge is 0.266 e. The van der Waals surface area contributed by atoms with Crippen molar-refractivity contribution in [3.05, 3.63) is 28.2 Å². The summed E-state index contributed by atoms with van der Waals surface area (Å²) in [4.78, 5) is 24.0. The minimum absolute atomic E-state index is 0.0316. The molecule has 0 radical (unpaired) electrons. The molecule has 2 aromatic rings.